The zero-order valence-electron chi connectivity index (χ0n) is 14.7. The third kappa shape index (κ3) is 5.64. The summed E-state index contributed by atoms with van der Waals surface area (Å²) in [7, 11) is 0. The van der Waals surface area contributed by atoms with E-state index in [0.29, 0.717) is 42.6 Å². The first-order valence-electron chi connectivity index (χ1n) is 8.08. The fourth-order valence-corrected chi connectivity index (χ4v) is 2.18. The number of carbonyl (C=O) groups excluding carboxylic acids is 2. The number of rotatable bonds is 10. The summed E-state index contributed by atoms with van der Waals surface area (Å²) in [6.45, 7) is 8.56. The molecule has 0 bridgehead atoms. The Labute approximate surface area is 142 Å². The predicted octanol–water partition coefficient (Wildman–Crippen LogP) is 1.88. The van der Waals surface area contributed by atoms with Crippen LogP contribution in [-0.4, -0.2) is 37.7 Å². The van der Waals surface area contributed by atoms with E-state index in [1.54, 1.807) is 19.1 Å². The molecule has 0 heterocycles. The Kier molecular flexibility index (Phi) is 7.88. The number of hydrogen-bond donors (Lipinski definition) is 2. The van der Waals surface area contributed by atoms with Gasteiger partial charge in [-0.05, 0) is 39.8 Å². The average Bonchev–Trinajstić information content (AvgIpc) is 2.49. The van der Waals surface area contributed by atoms with Gasteiger partial charge in [0.15, 0.2) is 11.5 Å². The van der Waals surface area contributed by atoms with E-state index in [1.165, 1.54) is 0 Å². The van der Waals surface area contributed by atoms with Crippen molar-refractivity contribution in [1.82, 2.24) is 5.32 Å². The molecule has 0 aliphatic carbocycles. The van der Waals surface area contributed by atoms with Gasteiger partial charge >= 0.3 is 0 Å². The van der Waals surface area contributed by atoms with Gasteiger partial charge in [0.2, 0.25) is 11.7 Å². The number of carbonyl (C=O) groups is 2. The lowest BCUT2D eigenvalue weighted by Gasteiger charge is -2.18. The summed E-state index contributed by atoms with van der Waals surface area (Å²) < 4.78 is 16.8. The highest BCUT2D eigenvalue weighted by molar-refractivity contribution is 5.96. The molecule has 1 aromatic carbocycles. The summed E-state index contributed by atoms with van der Waals surface area (Å²) >= 11 is 0. The fourth-order valence-electron chi connectivity index (χ4n) is 2.18. The molecule has 0 saturated heterocycles. The van der Waals surface area contributed by atoms with Gasteiger partial charge in [0, 0.05) is 18.0 Å². The lowest BCUT2D eigenvalue weighted by atomic mass is 10.1. The van der Waals surface area contributed by atoms with E-state index in [0.717, 1.165) is 0 Å². The third-order valence-corrected chi connectivity index (χ3v) is 3.06. The molecular formula is C17H26N2O5. The molecule has 0 radical (unpaired) electrons. The molecule has 0 aliphatic heterocycles. The summed E-state index contributed by atoms with van der Waals surface area (Å²) in [6, 6.07) is 2.83. The summed E-state index contributed by atoms with van der Waals surface area (Å²) in [6.07, 6.45) is 0.0689. The molecule has 3 N–H and O–H groups in total. The Morgan fingerprint density at radius 2 is 1.54 bits per heavy atom. The highest BCUT2D eigenvalue weighted by atomic mass is 16.5. The van der Waals surface area contributed by atoms with Gasteiger partial charge in [0.05, 0.1) is 19.8 Å². The van der Waals surface area contributed by atoms with Crippen molar-refractivity contribution in [1.29, 1.82) is 0 Å². The second-order valence-electron chi connectivity index (χ2n) is 5.15. The Hall–Kier alpha value is -2.44. The molecule has 0 fully saturated rings. The van der Waals surface area contributed by atoms with Gasteiger partial charge < -0.3 is 25.3 Å². The van der Waals surface area contributed by atoms with Crippen LogP contribution in [0.25, 0.3) is 0 Å². The topological polar surface area (TPSA) is 99.9 Å². The van der Waals surface area contributed by atoms with Crippen LogP contribution >= 0.6 is 0 Å². The van der Waals surface area contributed by atoms with E-state index in [9.17, 15) is 9.59 Å². The Balaban J connectivity index is 3.13. The number of benzene rings is 1. The van der Waals surface area contributed by atoms with E-state index in [1.807, 2.05) is 20.8 Å². The molecule has 24 heavy (non-hydrogen) atoms. The minimum atomic E-state index is -0.473. The van der Waals surface area contributed by atoms with Crippen molar-refractivity contribution in [2.75, 3.05) is 19.8 Å². The summed E-state index contributed by atoms with van der Waals surface area (Å²) in [5, 5.41) is 2.73. The molecule has 1 rings (SSSR count). The van der Waals surface area contributed by atoms with E-state index < -0.39 is 5.91 Å². The van der Waals surface area contributed by atoms with E-state index in [-0.39, 0.29) is 18.4 Å². The zero-order chi connectivity index (χ0) is 18.1. The predicted molar refractivity (Wildman–Crippen MR) is 90.7 cm³/mol. The largest absolute Gasteiger partial charge is 0.490 e. The lowest BCUT2D eigenvalue weighted by molar-refractivity contribution is -0.118. The van der Waals surface area contributed by atoms with Crippen molar-refractivity contribution < 1.29 is 23.8 Å². The van der Waals surface area contributed by atoms with Crippen LogP contribution in [0.5, 0.6) is 17.2 Å². The molecule has 2 amide bonds. The normalized spacial score (nSPS) is 11.5. The van der Waals surface area contributed by atoms with Crippen molar-refractivity contribution in [3.8, 4) is 17.2 Å². The zero-order valence-corrected chi connectivity index (χ0v) is 14.7. The highest BCUT2D eigenvalue weighted by Crippen LogP contribution is 2.39. The maximum absolute atomic E-state index is 12.4. The number of hydrogen-bond acceptors (Lipinski definition) is 5. The Bertz CT molecular complexity index is 547. The van der Waals surface area contributed by atoms with Gasteiger partial charge in [-0.1, -0.05) is 0 Å². The number of amides is 2. The number of primary amides is 1. The lowest BCUT2D eigenvalue weighted by Crippen LogP contribution is -2.35. The van der Waals surface area contributed by atoms with Crippen molar-refractivity contribution in [2.45, 2.75) is 40.2 Å². The minimum Gasteiger partial charge on any atom is -0.490 e. The maximum Gasteiger partial charge on any atom is 0.251 e. The average molecular weight is 338 g/mol. The molecule has 1 unspecified atom stereocenters. The van der Waals surface area contributed by atoms with Gasteiger partial charge in [-0.3, -0.25) is 9.59 Å². The first-order valence-corrected chi connectivity index (χ1v) is 8.08. The van der Waals surface area contributed by atoms with Crippen LogP contribution in [0.15, 0.2) is 12.1 Å². The molecule has 134 valence electrons. The molecule has 1 aromatic rings. The van der Waals surface area contributed by atoms with Crippen LogP contribution in [0.1, 0.15) is 44.5 Å². The summed E-state index contributed by atoms with van der Waals surface area (Å²) in [5.74, 6) is 0.548. The molecule has 0 spiro atoms. The van der Waals surface area contributed by atoms with Crippen LogP contribution in [0.2, 0.25) is 0 Å². The van der Waals surface area contributed by atoms with Crippen molar-refractivity contribution >= 4 is 11.8 Å². The van der Waals surface area contributed by atoms with Crippen LogP contribution in [0, 0.1) is 0 Å². The summed E-state index contributed by atoms with van der Waals surface area (Å²) in [5.41, 5.74) is 5.50. The third-order valence-electron chi connectivity index (χ3n) is 3.06. The Morgan fingerprint density at radius 1 is 1.04 bits per heavy atom. The maximum atomic E-state index is 12.4. The molecular weight excluding hydrogens is 312 g/mol. The Morgan fingerprint density at radius 3 is 1.96 bits per heavy atom. The first-order chi connectivity index (χ1) is 11.4. The first kappa shape index (κ1) is 19.6. The second kappa shape index (κ2) is 9.64. The number of nitrogens with two attached hydrogens (primary N) is 1. The summed E-state index contributed by atoms with van der Waals surface area (Å²) in [4.78, 5) is 23.3. The fraction of sp³-hybridized carbons (Fsp3) is 0.529. The van der Waals surface area contributed by atoms with Gasteiger partial charge in [-0.15, -0.1) is 0 Å². The molecule has 0 aliphatic rings. The quantitative estimate of drug-likeness (QED) is 0.678. The smallest absolute Gasteiger partial charge is 0.251 e. The van der Waals surface area contributed by atoms with Gasteiger partial charge in [0.25, 0.3) is 5.91 Å². The van der Waals surface area contributed by atoms with Crippen molar-refractivity contribution in [3.05, 3.63) is 17.7 Å². The van der Waals surface area contributed by atoms with Gasteiger partial charge in [0.1, 0.15) is 0 Å². The van der Waals surface area contributed by atoms with E-state index in [2.05, 4.69) is 5.32 Å². The molecule has 0 aromatic heterocycles. The number of nitrogens with one attached hydrogen (secondary N) is 1. The van der Waals surface area contributed by atoms with Gasteiger partial charge in [-0.2, -0.15) is 0 Å². The highest BCUT2D eigenvalue weighted by Gasteiger charge is 2.19. The van der Waals surface area contributed by atoms with Crippen LogP contribution in [0.4, 0.5) is 0 Å². The van der Waals surface area contributed by atoms with Crippen molar-refractivity contribution in [3.63, 3.8) is 0 Å². The van der Waals surface area contributed by atoms with Crippen LogP contribution < -0.4 is 25.3 Å². The monoisotopic (exact) mass is 338 g/mol. The van der Waals surface area contributed by atoms with Crippen LogP contribution in [0.3, 0.4) is 0 Å². The molecule has 0 saturated carbocycles. The molecule has 7 nitrogen and oxygen atoms in total. The van der Waals surface area contributed by atoms with E-state index >= 15 is 0 Å². The molecule has 1 atom stereocenters. The van der Waals surface area contributed by atoms with Crippen molar-refractivity contribution in [2.24, 2.45) is 5.73 Å². The van der Waals surface area contributed by atoms with Crippen LogP contribution in [-0.2, 0) is 4.79 Å². The SMILES string of the molecule is CCOc1cc(C(=O)NC(C)CC(N)=O)cc(OCC)c1OCC. The van der Waals surface area contributed by atoms with Gasteiger partial charge in [-0.25, -0.2) is 0 Å². The minimum absolute atomic E-state index is 0.0689. The number of ether oxygens (including phenoxy) is 3. The van der Waals surface area contributed by atoms with E-state index in [4.69, 9.17) is 19.9 Å². The standard InChI is InChI=1S/C17H26N2O5/c1-5-22-13-9-12(17(21)19-11(4)8-15(18)20)10-14(23-6-2)16(13)24-7-3/h9-11H,5-8H2,1-4H3,(H2,18,20)(H,19,21). The molecule has 7 heteroatoms. The second-order valence-corrected chi connectivity index (χ2v) is 5.15.